The smallest absolute Gasteiger partial charge is 0.324 e. The summed E-state index contributed by atoms with van der Waals surface area (Å²) in [4.78, 5) is 21.9. The van der Waals surface area contributed by atoms with Crippen LogP contribution in [-0.4, -0.2) is 43.2 Å². The monoisotopic (exact) mass is 378 g/mol. The Balaban J connectivity index is 2.39. The van der Waals surface area contributed by atoms with E-state index in [9.17, 15) is 18.0 Å². The number of rotatable bonds is 5. The maximum Gasteiger partial charge on any atom is 0.324 e. The molecule has 1 aliphatic rings. The minimum absolute atomic E-state index is 0.0491. The summed E-state index contributed by atoms with van der Waals surface area (Å²) in [6.45, 7) is -0.878. The van der Waals surface area contributed by atoms with Crippen molar-refractivity contribution in [1.29, 1.82) is 0 Å². The molecule has 8 nitrogen and oxygen atoms in total. The lowest BCUT2D eigenvalue weighted by Crippen LogP contribution is -2.43. The van der Waals surface area contributed by atoms with Gasteiger partial charge in [-0.1, -0.05) is 0 Å². The summed E-state index contributed by atoms with van der Waals surface area (Å²) >= 11 is 3.07. The Morgan fingerprint density at radius 2 is 2.14 bits per heavy atom. The highest BCUT2D eigenvalue weighted by molar-refractivity contribution is 9.10. The number of carbonyl (C=O) groups excluding carboxylic acids is 1. The number of hydrogen-bond acceptors (Lipinski definition) is 5. The van der Waals surface area contributed by atoms with Crippen LogP contribution >= 0.6 is 15.9 Å². The molecule has 0 fully saturated rings. The van der Waals surface area contributed by atoms with Gasteiger partial charge < -0.3 is 15.5 Å². The van der Waals surface area contributed by atoms with Crippen LogP contribution in [0.25, 0.3) is 0 Å². The second kappa shape index (κ2) is 5.72. The van der Waals surface area contributed by atoms with E-state index < -0.39 is 28.6 Å². The molecule has 21 heavy (non-hydrogen) atoms. The summed E-state index contributed by atoms with van der Waals surface area (Å²) in [5.74, 6) is -1.74. The number of carbonyl (C=O) groups is 2. The van der Waals surface area contributed by atoms with E-state index in [0.717, 1.165) is 0 Å². The van der Waals surface area contributed by atoms with Crippen LogP contribution in [0, 0.1) is 0 Å². The molecule has 0 saturated heterocycles. The number of aliphatic carboxylic acids is 1. The highest BCUT2D eigenvalue weighted by Crippen LogP contribution is 2.32. The van der Waals surface area contributed by atoms with Gasteiger partial charge in [0.2, 0.25) is 15.9 Å². The first-order chi connectivity index (χ1) is 9.74. The lowest BCUT2D eigenvalue weighted by molar-refractivity contribution is -0.139. The van der Waals surface area contributed by atoms with Gasteiger partial charge in [-0.15, -0.1) is 0 Å². The van der Waals surface area contributed by atoms with Crippen LogP contribution in [0.15, 0.2) is 21.5 Å². The first-order valence-electron chi connectivity index (χ1n) is 5.73. The maximum atomic E-state index is 12.2. The maximum absolute atomic E-state index is 12.2. The zero-order chi connectivity index (χ0) is 15.8. The highest BCUT2D eigenvalue weighted by atomic mass is 79.9. The Bertz CT molecular complexity index is 718. The van der Waals surface area contributed by atoms with Gasteiger partial charge in [0, 0.05) is 10.2 Å². The first kappa shape index (κ1) is 15.9. The van der Waals surface area contributed by atoms with Crippen molar-refractivity contribution in [2.24, 2.45) is 0 Å². The number of aliphatic hydroxyl groups is 1. The summed E-state index contributed by atoms with van der Waals surface area (Å²) in [6.07, 6.45) is 0.0491. The van der Waals surface area contributed by atoms with Gasteiger partial charge in [0.15, 0.2) is 0 Å². The average Bonchev–Trinajstić information content (AvgIpc) is 2.73. The van der Waals surface area contributed by atoms with Crippen molar-refractivity contribution in [2.45, 2.75) is 17.4 Å². The second-order valence-electron chi connectivity index (χ2n) is 4.36. The van der Waals surface area contributed by atoms with E-state index in [4.69, 9.17) is 10.2 Å². The number of hydrogen-bond donors (Lipinski definition) is 4. The third-order valence-electron chi connectivity index (χ3n) is 2.85. The fourth-order valence-electron chi connectivity index (χ4n) is 1.85. The van der Waals surface area contributed by atoms with E-state index in [0.29, 0.717) is 11.3 Å². The number of nitrogens with one attached hydrogen (secondary N) is 2. The van der Waals surface area contributed by atoms with Gasteiger partial charge in [-0.05, 0) is 33.6 Å². The van der Waals surface area contributed by atoms with Crippen molar-refractivity contribution in [3.63, 3.8) is 0 Å². The van der Waals surface area contributed by atoms with Crippen molar-refractivity contribution in [3.05, 3.63) is 22.2 Å². The van der Waals surface area contributed by atoms with E-state index in [1.54, 1.807) is 0 Å². The molecule has 0 saturated carbocycles. The fourth-order valence-corrected chi connectivity index (χ4v) is 4.12. The molecule has 114 valence electrons. The Morgan fingerprint density at radius 3 is 2.71 bits per heavy atom. The van der Waals surface area contributed by atoms with Crippen LogP contribution in [0.2, 0.25) is 0 Å². The molecule has 0 radical (unpaired) electrons. The molecule has 1 atom stereocenters. The van der Waals surface area contributed by atoms with E-state index in [-0.39, 0.29) is 21.7 Å². The molecule has 1 aromatic carbocycles. The van der Waals surface area contributed by atoms with E-state index in [2.05, 4.69) is 21.2 Å². The minimum Gasteiger partial charge on any atom is -0.480 e. The van der Waals surface area contributed by atoms with Crippen molar-refractivity contribution in [1.82, 2.24) is 4.72 Å². The van der Waals surface area contributed by atoms with Gasteiger partial charge in [0.1, 0.15) is 6.04 Å². The largest absolute Gasteiger partial charge is 0.480 e. The predicted molar refractivity (Wildman–Crippen MR) is 75.3 cm³/mol. The molecule has 10 heteroatoms. The Morgan fingerprint density at radius 1 is 1.48 bits per heavy atom. The molecule has 0 aliphatic carbocycles. The third-order valence-corrected chi connectivity index (χ3v) is 5.28. The lowest BCUT2D eigenvalue weighted by atomic mass is 10.2. The normalized spacial score (nSPS) is 15.4. The molecule has 2 rings (SSSR count). The SMILES string of the molecule is O=C1Cc2cc(S(=O)(=O)N[C@H](CO)C(=O)O)c(Br)cc2N1. The minimum atomic E-state index is -4.16. The fraction of sp³-hybridized carbons (Fsp3) is 0.273. The summed E-state index contributed by atoms with van der Waals surface area (Å²) in [5, 5.41) is 20.2. The molecule has 4 N–H and O–H groups in total. The average molecular weight is 379 g/mol. The molecule has 1 aliphatic heterocycles. The Hall–Kier alpha value is -1.49. The van der Waals surface area contributed by atoms with Crippen LogP contribution < -0.4 is 10.0 Å². The zero-order valence-electron chi connectivity index (χ0n) is 10.5. The molecule has 0 spiro atoms. The Labute approximate surface area is 128 Å². The number of carboxylic acids is 1. The summed E-state index contributed by atoms with van der Waals surface area (Å²) in [7, 11) is -4.16. The van der Waals surface area contributed by atoms with Crippen LogP contribution in [0.1, 0.15) is 5.56 Å². The quantitative estimate of drug-likeness (QED) is 0.554. The number of benzene rings is 1. The topological polar surface area (TPSA) is 133 Å². The number of fused-ring (bicyclic) bond motifs is 1. The molecule has 0 bridgehead atoms. The number of carboxylic acid groups (broad SMARTS) is 1. The van der Waals surface area contributed by atoms with Gasteiger partial charge in [-0.2, -0.15) is 4.72 Å². The van der Waals surface area contributed by atoms with Crippen molar-refractivity contribution < 1.29 is 28.2 Å². The second-order valence-corrected chi connectivity index (χ2v) is 6.90. The van der Waals surface area contributed by atoms with E-state index >= 15 is 0 Å². The van der Waals surface area contributed by atoms with E-state index in [1.807, 2.05) is 4.72 Å². The first-order valence-corrected chi connectivity index (χ1v) is 8.00. The molecule has 0 aromatic heterocycles. The number of anilines is 1. The number of aliphatic hydroxyl groups excluding tert-OH is 1. The molecular weight excluding hydrogens is 368 g/mol. The number of amides is 1. The Kier molecular flexibility index (Phi) is 4.33. The molecule has 1 heterocycles. The van der Waals surface area contributed by atoms with Crippen molar-refractivity contribution >= 4 is 43.5 Å². The van der Waals surface area contributed by atoms with Crippen LogP contribution in [-0.2, 0) is 26.0 Å². The van der Waals surface area contributed by atoms with Gasteiger partial charge >= 0.3 is 5.97 Å². The van der Waals surface area contributed by atoms with Crippen molar-refractivity contribution in [3.8, 4) is 0 Å². The predicted octanol–water partition coefficient (Wildman–Crippen LogP) is -0.333. The van der Waals surface area contributed by atoms with Crippen LogP contribution in [0.3, 0.4) is 0 Å². The van der Waals surface area contributed by atoms with Gasteiger partial charge in [-0.3, -0.25) is 9.59 Å². The standard InChI is InChI=1S/C11H11BrN2O6S/c12-6-3-7-5(2-10(16)13-7)1-9(6)21(19,20)14-8(4-15)11(17)18/h1,3,8,14-15H,2,4H2,(H,13,16)(H,17,18)/t8-/m1/s1. The van der Waals surface area contributed by atoms with Crippen LogP contribution in [0.4, 0.5) is 5.69 Å². The van der Waals surface area contributed by atoms with Crippen molar-refractivity contribution in [2.75, 3.05) is 11.9 Å². The van der Waals surface area contributed by atoms with E-state index in [1.165, 1.54) is 12.1 Å². The summed E-state index contributed by atoms with van der Waals surface area (Å²) in [5.41, 5.74) is 1.00. The van der Waals surface area contributed by atoms with Crippen LogP contribution in [0.5, 0.6) is 0 Å². The molecule has 0 unspecified atom stereocenters. The zero-order valence-corrected chi connectivity index (χ0v) is 12.9. The van der Waals surface area contributed by atoms with Gasteiger partial charge in [0.25, 0.3) is 0 Å². The number of halogens is 1. The van der Waals surface area contributed by atoms with Gasteiger partial charge in [-0.25, -0.2) is 8.42 Å². The summed E-state index contributed by atoms with van der Waals surface area (Å²) < 4.78 is 26.4. The molecule has 1 amide bonds. The number of sulfonamides is 1. The highest BCUT2D eigenvalue weighted by Gasteiger charge is 2.29. The molecular formula is C11H11BrN2O6S. The molecule has 1 aromatic rings. The van der Waals surface area contributed by atoms with Gasteiger partial charge in [0.05, 0.1) is 17.9 Å². The summed E-state index contributed by atoms with van der Waals surface area (Å²) in [6, 6.07) is 1.08. The third kappa shape index (κ3) is 3.23. The lowest BCUT2D eigenvalue weighted by Gasteiger charge is -2.14.